The molecule has 6 aromatic rings. The summed E-state index contributed by atoms with van der Waals surface area (Å²) >= 11 is 0. The van der Waals surface area contributed by atoms with Gasteiger partial charge in [0.2, 0.25) is 23.6 Å². The van der Waals surface area contributed by atoms with Crippen LogP contribution in [0.5, 0.6) is 0 Å². The summed E-state index contributed by atoms with van der Waals surface area (Å²) < 4.78 is 0. The van der Waals surface area contributed by atoms with Gasteiger partial charge in [-0.05, 0) is 59.4 Å². The largest absolute Gasteiger partial charge is 0.343 e. The van der Waals surface area contributed by atoms with Crippen LogP contribution in [0.3, 0.4) is 0 Å². The molecule has 0 saturated heterocycles. The van der Waals surface area contributed by atoms with Gasteiger partial charge in [0.15, 0.2) is 0 Å². The van der Waals surface area contributed by atoms with Gasteiger partial charge in [-0.1, -0.05) is 147 Å². The number of amides is 6. The molecule has 1 heterocycles. The van der Waals surface area contributed by atoms with Crippen molar-refractivity contribution in [2.45, 2.75) is 57.8 Å². The zero-order valence-electron chi connectivity index (χ0n) is 35.8. The molecule has 0 bridgehead atoms. The van der Waals surface area contributed by atoms with E-state index in [1.54, 1.807) is 106 Å². The summed E-state index contributed by atoms with van der Waals surface area (Å²) in [7, 11) is 0. The number of nitrogens with one attached hydrogen (secondary N) is 6. The Hall–Kier alpha value is -7.86. The lowest BCUT2D eigenvalue weighted by Gasteiger charge is -2.27. The number of fused-ring (bicyclic) bond motifs is 6. The zero-order valence-corrected chi connectivity index (χ0v) is 35.8. The molecular weight excluding hydrogens is 805 g/mol. The summed E-state index contributed by atoms with van der Waals surface area (Å²) in [4.78, 5) is 85.4. The molecule has 1 aliphatic rings. The maximum atomic E-state index is 14.5. The summed E-state index contributed by atoms with van der Waals surface area (Å²) in [6.45, 7) is 5.09. The fourth-order valence-electron chi connectivity index (χ4n) is 7.69. The predicted octanol–water partition coefficient (Wildman–Crippen LogP) is 6.94. The van der Waals surface area contributed by atoms with Gasteiger partial charge >= 0.3 is 0 Å². The Bertz CT molecular complexity index is 2670. The van der Waals surface area contributed by atoms with Crippen molar-refractivity contribution in [3.05, 3.63) is 180 Å². The maximum Gasteiger partial charge on any atom is 0.252 e. The first-order valence-corrected chi connectivity index (χ1v) is 21.3. The third-order valence-electron chi connectivity index (χ3n) is 11.1. The molecule has 6 N–H and O–H groups in total. The van der Waals surface area contributed by atoms with E-state index in [-0.39, 0.29) is 24.0 Å². The lowest BCUT2D eigenvalue weighted by Crippen LogP contribution is -2.57. The van der Waals surface area contributed by atoms with Gasteiger partial charge < -0.3 is 31.9 Å². The molecule has 0 aromatic heterocycles. The minimum absolute atomic E-state index is 0.0955. The van der Waals surface area contributed by atoms with Crippen LogP contribution < -0.4 is 31.9 Å². The van der Waals surface area contributed by atoms with E-state index in [2.05, 4.69) is 31.9 Å². The third-order valence-corrected chi connectivity index (χ3v) is 11.1. The van der Waals surface area contributed by atoms with Gasteiger partial charge in [0.05, 0.1) is 0 Å². The van der Waals surface area contributed by atoms with Crippen LogP contribution in [0, 0.1) is 5.92 Å². The summed E-state index contributed by atoms with van der Waals surface area (Å²) in [5.74, 6) is -3.75. The third kappa shape index (κ3) is 10.6. The molecule has 64 heavy (non-hydrogen) atoms. The molecule has 12 heteroatoms. The number of para-hydroxylation sites is 2. The molecule has 1 aliphatic heterocycles. The van der Waals surface area contributed by atoms with Gasteiger partial charge in [0.1, 0.15) is 24.2 Å². The summed E-state index contributed by atoms with van der Waals surface area (Å²) in [6.07, 6.45) is 0.249. The van der Waals surface area contributed by atoms with E-state index in [0.717, 1.165) is 11.1 Å². The van der Waals surface area contributed by atoms with Gasteiger partial charge in [0.25, 0.3) is 11.8 Å². The maximum absolute atomic E-state index is 14.5. The van der Waals surface area contributed by atoms with E-state index in [4.69, 9.17) is 0 Å². The van der Waals surface area contributed by atoms with Gasteiger partial charge in [-0.3, -0.25) is 28.8 Å². The Kier molecular flexibility index (Phi) is 14.0. The highest BCUT2D eigenvalue weighted by Gasteiger charge is 2.32. The van der Waals surface area contributed by atoms with E-state index in [0.29, 0.717) is 33.6 Å². The van der Waals surface area contributed by atoms with E-state index in [9.17, 15) is 28.8 Å². The number of rotatable bonds is 5. The Morgan fingerprint density at radius 2 is 0.766 bits per heavy atom. The van der Waals surface area contributed by atoms with Gasteiger partial charge in [0, 0.05) is 46.5 Å². The van der Waals surface area contributed by atoms with Crippen LogP contribution in [0.25, 0.3) is 22.3 Å². The Morgan fingerprint density at radius 3 is 1.22 bits per heavy atom. The predicted molar refractivity (Wildman–Crippen MR) is 248 cm³/mol. The smallest absolute Gasteiger partial charge is 0.252 e. The molecule has 0 radical (unpaired) electrons. The van der Waals surface area contributed by atoms with Gasteiger partial charge in [-0.25, -0.2) is 0 Å². The molecule has 0 fully saturated rings. The molecule has 0 unspecified atom stereocenters. The zero-order chi connectivity index (χ0) is 45.2. The number of hydrogen-bond donors (Lipinski definition) is 6. The summed E-state index contributed by atoms with van der Waals surface area (Å²) in [5.41, 5.74) is 4.86. The second-order valence-electron chi connectivity index (χ2n) is 16.1. The normalized spacial score (nSPS) is 18.8. The average Bonchev–Trinajstić information content (AvgIpc) is 3.30. The van der Waals surface area contributed by atoms with Crippen LogP contribution in [0.4, 0.5) is 11.4 Å². The highest BCUT2D eigenvalue weighted by atomic mass is 16.2. The van der Waals surface area contributed by atoms with Crippen LogP contribution in [-0.2, 0) is 32.0 Å². The molecule has 7 rings (SSSR count). The van der Waals surface area contributed by atoms with E-state index >= 15 is 0 Å². The number of carbonyl (C=O) groups is 6. The topological polar surface area (TPSA) is 175 Å². The standard InChI is InChI=1S/C52H50N6O6/c1-32(2)46-52(64)53-33(3)47(59)54-42-28-16-14-24-38(42)39-25-15-17-29-43(39)55-50(62)44(30-34-18-6-4-7-19-34)56-48(60)40-26-12-10-22-36(40)37-23-11-13-27-41(37)49(61)57-45(51(63)58-46)31-35-20-8-5-9-21-35/h4-29,32-33,44-46H,30-31H2,1-3H3,(H,53,64)(H,54,59)(H,55,62)(H,56,60)(H,57,61)(H,58,63)/t33-,44-,45-,46-/m0/s1. The van der Waals surface area contributed by atoms with Crippen molar-refractivity contribution in [2.75, 3.05) is 10.6 Å². The van der Waals surface area contributed by atoms with Crippen molar-refractivity contribution in [3.8, 4) is 22.3 Å². The number of benzene rings is 6. The summed E-state index contributed by atoms with van der Waals surface area (Å²) in [6, 6.07) is 42.0. The second-order valence-corrected chi connectivity index (χ2v) is 16.1. The number of carbonyl (C=O) groups excluding carboxylic acids is 6. The molecule has 4 atom stereocenters. The van der Waals surface area contributed by atoms with Crippen LogP contribution in [-0.4, -0.2) is 59.6 Å². The van der Waals surface area contributed by atoms with Crippen molar-refractivity contribution >= 4 is 46.8 Å². The quantitative estimate of drug-likeness (QED) is 0.110. The second kappa shape index (κ2) is 20.3. The monoisotopic (exact) mass is 854 g/mol. The van der Waals surface area contributed by atoms with E-state index in [1.165, 1.54) is 0 Å². The van der Waals surface area contributed by atoms with Crippen LogP contribution in [0.15, 0.2) is 158 Å². The average molecular weight is 855 g/mol. The molecule has 0 saturated carbocycles. The lowest BCUT2D eigenvalue weighted by atomic mass is 9.93. The van der Waals surface area contributed by atoms with Crippen molar-refractivity contribution in [1.29, 1.82) is 0 Å². The summed E-state index contributed by atoms with van der Waals surface area (Å²) in [5, 5.41) is 17.5. The molecule has 0 spiro atoms. The first-order valence-electron chi connectivity index (χ1n) is 21.3. The van der Waals surface area contributed by atoms with Crippen molar-refractivity contribution in [1.82, 2.24) is 21.3 Å². The van der Waals surface area contributed by atoms with Crippen LogP contribution in [0.1, 0.15) is 52.6 Å². The highest BCUT2D eigenvalue weighted by Crippen LogP contribution is 2.34. The molecule has 12 nitrogen and oxygen atoms in total. The fraction of sp³-hybridized carbons (Fsp3) is 0.192. The molecule has 6 amide bonds. The van der Waals surface area contributed by atoms with Gasteiger partial charge in [-0.15, -0.1) is 0 Å². The minimum atomic E-state index is -1.14. The van der Waals surface area contributed by atoms with E-state index in [1.807, 2.05) is 72.8 Å². The van der Waals surface area contributed by atoms with Crippen molar-refractivity contribution in [2.24, 2.45) is 5.92 Å². The van der Waals surface area contributed by atoms with E-state index < -0.39 is 65.5 Å². The van der Waals surface area contributed by atoms with Crippen LogP contribution >= 0.6 is 0 Å². The Labute approximate surface area is 372 Å². The number of hydrogen-bond acceptors (Lipinski definition) is 6. The fourth-order valence-corrected chi connectivity index (χ4v) is 7.69. The Balaban J connectivity index is 1.33. The number of anilines is 2. The Morgan fingerprint density at radius 1 is 0.391 bits per heavy atom. The lowest BCUT2D eigenvalue weighted by molar-refractivity contribution is -0.132. The SMILES string of the molecule is CC(C)[C@@H]1NC(=O)[C@H](Cc2ccccc2)NC(=O)c2ccccc2-c2ccccc2C(=O)N[C@@H](Cc2ccccc2)C(=O)Nc2ccccc2-c2ccccc2NC(=O)[C@H](C)NC1=O. The molecule has 6 aromatic carbocycles. The van der Waals surface area contributed by atoms with Crippen molar-refractivity contribution in [3.63, 3.8) is 0 Å². The minimum Gasteiger partial charge on any atom is -0.343 e. The first kappa shape index (κ1) is 44.2. The van der Waals surface area contributed by atoms with Gasteiger partial charge in [-0.2, -0.15) is 0 Å². The van der Waals surface area contributed by atoms with Crippen LogP contribution in [0.2, 0.25) is 0 Å². The van der Waals surface area contributed by atoms with Crippen molar-refractivity contribution < 1.29 is 28.8 Å². The highest BCUT2D eigenvalue weighted by molar-refractivity contribution is 6.09. The molecule has 0 aliphatic carbocycles. The molecular formula is C52H50N6O6. The first-order chi connectivity index (χ1) is 31.0. The molecule has 324 valence electrons.